The summed E-state index contributed by atoms with van der Waals surface area (Å²) in [5.74, 6) is -0.873. The average molecular weight is 494 g/mol. The summed E-state index contributed by atoms with van der Waals surface area (Å²) in [4.78, 5) is 22.9. The zero-order valence-electron chi connectivity index (χ0n) is 18.7. The van der Waals surface area contributed by atoms with Crippen LogP contribution >= 0.6 is 0 Å². The van der Waals surface area contributed by atoms with E-state index in [-0.39, 0.29) is 19.1 Å². The van der Waals surface area contributed by atoms with E-state index in [0.717, 1.165) is 6.08 Å². The summed E-state index contributed by atoms with van der Waals surface area (Å²) in [5.41, 5.74) is 0. The number of carbonyl (C=O) groups excluding carboxylic acids is 2. The lowest BCUT2D eigenvalue weighted by atomic mass is 9.95. The third kappa shape index (κ3) is 7.14. The molecule has 2 fully saturated rings. The van der Waals surface area contributed by atoms with Gasteiger partial charge in [-0.25, -0.2) is 0 Å². The summed E-state index contributed by atoms with van der Waals surface area (Å²) < 4.78 is 22.2. The first kappa shape index (κ1) is 28.5. The minimum atomic E-state index is -1.75. The van der Waals surface area contributed by atoms with Gasteiger partial charge >= 0.3 is 0 Å². The standard InChI is InChI=1S/C20H34N2O12/c1-3-12(26)21-5-4-6-31-19-13(22-9(2)25)15(28)18(11(8-24)33-19)34-20-17(30)16(29)14(27)10(7-23)32-20/h3,10-11,13-20,23-24,27-30H,1,4-8H2,2H3,(H,21,26)(H,22,25)/t10-,11-,13-,14+,15-,16+,17-,18-,19-,20+/m1/s1. The van der Waals surface area contributed by atoms with Gasteiger partial charge in [0.1, 0.15) is 48.8 Å². The van der Waals surface area contributed by atoms with Crippen LogP contribution in [0.15, 0.2) is 12.7 Å². The Hall–Kier alpha value is -1.72. The normalized spacial score (nSPS) is 38.2. The second kappa shape index (κ2) is 13.4. The van der Waals surface area contributed by atoms with Crippen molar-refractivity contribution in [3.8, 4) is 0 Å². The maximum atomic E-state index is 11.7. The zero-order valence-corrected chi connectivity index (χ0v) is 18.7. The van der Waals surface area contributed by atoms with E-state index in [1.165, 1.54) is 6.92 Å². The van der Waals surface area contributed by atoms with Gasteiger partial charge in [-0.15, -0.1) is 0 Å². The van der Waals surface area contributed by atoms with Crippen LogP contribution in [0, 0.1) is 0 Å². The Morgan fingerprint density at radius 1 is 0.971 bits per heavy atom. The van der Waals surface area contributed by atoms with E-state index in [2.05, 4.69) is 17.2 Å². The molecule has 10 atom stereocenters. The molecule has 0 bridgehead atoms. The molecule has 0 radical (unpaired) electrons. The largest absolute Gasteiger partial charge is 0.394 e. The van der Waals surface area contributed by atoms with Crippen LogP contribution in [0.4, 0.5) is 0 Å². The van der Waals surface area contributed by atoms with E-state index in [1.54, 1.807) is 0 Å². The predicted molar refractivity (Wildman–Crippen MR) is 112 cm³/mol. The smallest absolute Gasteiger partial charge is 0.243 e. The lowest BCUT2D eigenvalue weighted by molar-refractivity contribution is -0.348. The minimum absolute atomic E-state index is 0.0707. The molecule has 0 aromatic carbocycles. The Morgan fingerprint density at radius 2 is 1.62 bits per heavy atom. The van der Waals surface area contributed by atoms with Crippen molar-refractivity contribution in [1.29, 1.82) is 0 Å². The molecule has 0 saturated carbocycles. The summed E-state index contributed by atoms with van der Waals surface area (Å²) in [6, 6.07) is -1.15. The molecule has 34 heavy (non-hydrogen) atoms. The first-order valence-corrected chi connectivity index (χ1v) is 10.8. The molecule has 8 N–H and O–H groups in total. The van der Waals surface area contributed by atoms with Gasteiger partial charge < -0.3 is 60.2 Å². The fraction of sp³-hybridized carbons (Fsp3) is 0.800. The van der Waals surface area contributed by atoms with Crippen molar-refractivity contribution < 1.29 is 59.2 Å². The Kier molecular flexibility index (Phi) is 11.2. The van der Waals surface area contributed by atoms with Crippen LogP contribution < -0.4 is 10.6 Å². The summed E-state index contributed by atoms with van der Waals surface area (Å²) in [7, 11) is 0. The molecule has 2 aliphatic rings. The van der Waals surface area contributed by atoms with E-state index in [1.807, 2.05) is 0 Å². The van der Waals surface area contributed by atoms with E-state index in [4.69, 9.17) is 18.9 Å². The van der Waals surface area contributed by atoms with Gasteiger partial charge in [0.05, 0.1) is 19.8 Å². The van der Waals surface area contributed by atoms with Gasteiger partial charge in [-0.3, -0.25) is 9.59 Å². The highest BCUT2D eigenvalue weighted by molar-refractivity contribution is 5.86. The van der Waals surface area contributed by atoms with Crippen LogP contribution in [0.2, 0.25) is 0 Å². The van der Waals surface area contributed by atoms with Gasteiger partial charge in [-0.2, -0.15) is 0 Å². The van der Waals surface area contributed by atoms with Crippen molar-refractivity contribution in [2.45, 2.75) is 74.7 Å². The highest BCUT2D eigenvalue weighted by atomic mass is 16.7. The molecule has 0 aromatic rings. The average Bonchev–Trinajstić information content (AvgIpc) is 2.81. The van der Waals surface area contributed by atoms with Gasteiger partial charge in [0.25, 0.3) is 0 Å². The molecule has 14 nitrogen and oxygen atoms in total. The topological polar surface area (TPSA) is 216 Å². The third-order valence-electron chi connectivity index (χ3n) is 5.45. The Bertz CT molecular complexity index is 680. The van der Waals surface area contributed by atoms with E-state index in [9.17, 15) is 40.2 Å². The first-order chi connectivity index (χ1) is 16.1. The number of aliphatic hydroxyl groups is 6. The second-order valence-electron chi connectivity index (χ2n) is 7.96. The molecule has 2 rings (SSSR count). The maximum Gasteiger partial charge on any atom is 0.243 e. The van der Waals surface area contributed by atoms with Crippen LogP contribution in [0.3, 0.4) is 0 Å². The van der Waals surface area contributed by atoms with Crippen molar-refractivity contribution in [3.63, 3.8) is 0 Å². The van der Waals surface area contributed by atoms with Crippen LogP contribution in [-0.2, 0) is 28.5 Å². The number of rotatable bonds is 11. The lowest BCUT2D eigenvalue weighted by Crippen LogP contribution is -2.67. The number of ether oxygens (including phenoxy) is 4. The summed E-state index contributed by atoms with van der Waals surface area (Å²) in [6.07, 6.45) is -11.7. The number of aliphatic hydroxyl groups excluding tert-OH is 6. The molecule has 0 unspecified atom stereocenters. The van der Waals surface area contributed by atoms with Crippen LogP contribution in [-0.4, -0.2) is 130 Å². The molecule has 0 spiro atoms. The molecule has 0 aromatic heterocycles. The molecule has 14 heteroatoms. The van der Waals surface area contributed by atoms with Crippen molar-refractivity contribution in [1.82, 2.24) is 10.6 Å². The van der Waals surface area contributed by atoms with Gasteiger partial charge in [0.15, 0.2) is 12.6 Å². The molecule has 2 aliphatic heterocycles. The van der Waals surface area contributed by atoms with Gasteiger partial charge in [-0.1, -0.05) is 6.58 Å². The molecule has 2 saturated heterocycles. The molecule has 196 valence electrons. The van der Waals surface area contributed by atoms with E-state index >= 15 is 0 Å². The molecule has 2 amide bonds. The lowest BCUT2D eigenvalue weighted by Gasteiger charge is -2.47. The zero-order chi connectivity index (χ0) is 25.4. The Labute approximate surface area is 196 Å². The fourth-order valence-electron chi connectivity index (χ4n) is 3.66. The first-order valence-electron chi connectivity index (χ1n) is 10.8. The van der Waals surface area contributed by atoms with Gasteiger partial charge in [-0.05, 0) is 12.5 Å². The molecule has 2 heterocycles. The van der Waals surface area contributed by atoms with E-state index in [0.29, 0.717) is 6.42 Å². The van der Waals surface area contributed by atoms with Crippen molar-refractivity contribution in [3.05, 3.63) is 12.7 Å². The fourth-order valence-corrected chi connectivity index (χ4v) is 3.66. The third-order valence-corrected chi connectivity index (χ3v) is 5.45. The second-order valence-corrected chi connectivity index (χ2v) is 7.96. The molecular weight excluding hydrogens is 460 g/mol. The summed E-state index contributed by atoms with van der Waals surface area (Å²) in [5, 5.41) is 65.2. The van der Waals surface area contributed by atoms with Crippen LogP contribution in [0.1, 0.15) is 13.3 Å². The number of amides is 2. The van der Waals surface area contributed by atoms with Crippen molar-refractivity contribution >= 4 is 11.8 Å². The molecular formula is C20H34N2O12. The minimum Gasteiger partial charge on any atom is -0.394 e. The van der Waals surface area contributed by atoms with Gasteiger partial charge in [0, 0.05) is 13.5 Å². The Morgan fingerprint density at radius 3 is 2.21 bits per heavy atom. The highest BCUT2D eigenvalue weighted by Gasteiger charge is 2.51. The molecule has 0 aliphatic carbocycles. The van der Waals surface area contributed by atoms with Crippen molar-refractivity contribution in [2.75, 3.05) is 26.4 Å². The maximum absolute atomic E-state index is 11.7. The van der Waals surface area contributed by atoms with E-state index < -0.39 is 80.5 Å². The number of hydrogen-bond acceptors (Lipinski definition) is 12. The Balaban J connectivity index is 2.09. The van der Waals surface area contributed by atoms with Crippen molar-refractivity contribution in [2.24, 2.45) is 0 Å². The predicted octanol–water partition coefficient (Wildman–Crippen LogP) is -4.54. The quantitative estimate of drug-likeness (QED) is 0.101. The number of hydrogen-bond donors (Lipinski definition) is 8. The summed E-state index contributed by atoms with van der Waals surface area (Å²) >= 11 is 0. The number of carbonyl (C=O) groups is 2. The van der Waals surface area contributed by atoms with Crippen LogP contribution in [0.5, 0.6) is 0 Å². The SMILES string of the molecule is C=CC(=O)NCCCO[C@@H]1O[C@H](CO)[C@@H](O[C@@H]2O[C@H](CO)[C@H](O)[C@H](O)[C@H]2O)[C@H](O)[C@H]1NC(C)=O. The number of nitrogens with one attached hydrogen (secondary N) is 2. The summed E-state index contributed by atoms with van der Waals surface area (Å²) in [6.45, 7) is 3.55. The van der Waals surface area contributed by atoms with Crippen LogP contribution in [0.25, 0.3) is 0 Å². The monoisotopic (exact) mass is 494 g/mol. The highest BCUT2D eigenvalue weighted by Crippen LogP contribution is 2.29. The van der Waals surface area contributed by atoms with Gasteiger partial charge in [0.2, 0.25) is 11.8 Å².